The molecule has 0 spiro atoms. The van der Waals surface area contributed by atoms with Gasteiger partial charge in [-0.3, -0.25) is 0 Å². The van der Waals surface area contributed by atoms with Gasteiger partial charge in [0.05, 0.1) is 15.9 Å². The molecule has 0 aromatic heterocycles. The molecule has 0 bridgehead atoms. The van der Waals surface area contributed by atoms with E-state index in [1.54, 1.807) is 0 Å². The maximum absolute atomic E-state index is 12.1. The Bertz CT molecular complexity index is 676. The summed E-state index contributed by atoms with van der Waals surface area (Å²) in [6.07, 6.45) is 2.68. The molecule has 1 aromatic carbocycles. The van der Waals surface area contributed by atoms with Gasteiger partial charge in [0.1, 0.15) is 0 Å². The van der Waals surface area contributed by atoms with Crippen molar-refractivity contribution in [3.05, 3.63) is 24.3 Å². The highest BCUT2D eigenvalue weighted by Crippen LogP contribution is 2.16. The van der Waals surface area contributed by atoms with Crippen molar-refractivity contribution in [1.29, 1.82) is 0 Å². The number of benzene rings is 1. The van der Waals surface area contributed by atoms with Gasteiger partial charge in [0.2, 0.25) is 10.0 Å². The summed E-state index contributed by atoms with van der Waals surface area (Å²) < 4.78 is 54.9. The molecule has 0 amide bonds. The SMILES string of the molecule is CS(=O)(=O)c1cccc(S(=O)(=O)NC[C@@H]2CCCO2)c1. The van der Waals surface area contributed by atoms with Crippen LogP contribution in [0.5, 0.6) is 0 Å². The lowest BCUT2D eigenvalue weighted by Crippen LogP contribution is -2.31. The molecule has 1 atom stereocenters. The van der Waals surface area contributed by atoms with Gasteiger partial charge in [0.15, 0.2) is 9.84 Å². The van der Waals surface area contributed by atoms with Gasteiger partial charge in [0, 0.05) is 19.4 Å². The predicted octanol–water partition coefficient (Wildman–Crippen LogP) is 0.547. The van der Waals surface area contributed by atoms with Crippen molar-refractivity contribution in [3.8, 4) is 0 Å². The van der Waals surface area contributed by atoms with E-state index in [1.807, 2.05) is 0 Å². The van der Waals surface area contributed by atoms with E-state index in [9.17, 15) is 16.8 Å². The van der Waals surface area contributed by atoms with Crippen molar-refractivity contribution in [3.63, 3.8) is 0 Å². The molecule has 1 aliphatic heterocycles. The molecule has 8 heteroatoms. The zero-order chi connectivity index (χ0) is 14.8. The number of nitrogens with one attached hydrogen (secondary N) is 1. The first kappa shape index (κ1) is 15.4. The van der Waals surface area contributed by atoms with Gasteiger partial charge in [-0.25, -0.2) is 21.6 Å². The van der Waals surface area contributed by atoms with Crippen LogP contribution in [0.25, 0.3) is 0 Å². The minimum atomic E-state index is -3.72. The molecule has 1 saturated heterocycles. The van der Waals surface area contributed by atoms with Gasteiger partial charge in [-0.15, -0.1) is 0 Å². The smallest absolute Gasteiger partial charge is 0.240 e. The van der Waals surface area contributed by atoms with E-state index in [2.05, 4.69) is 4.72 Å². The van der Waals surface area contributed by atoms with Crippen LogP contribution >= 0.6 is 0 Å². The summed E-state index contributed by atoms with van der Waals surface area (Å²) >= 11 is 0. The molecule has 2 rings (SSSR count). The maximum Gasteiger partial charge on any atom is 0.240 e. The summed E-state index contributed by atoms with van der Waals surface area (Å²) in [7, 11) is -7.16. The second-order valence-electron chi connectivity index (χ2n) is 4.73. The van der Waals surface area contributed by atoms with Crippen LogP contribution in [0.15, 0.2) is 34.1 Å². The minimum absolute atomic E-state index is 0.0162. The molecule has 1 aromatic rings. The van der Waals surface area contributed by atoms with Crippen LogP contribution in [0.4, 0.5) is 0 Å². The van der Waals surface area contributed by atoms with E-state index in [0.717, 1.165) is 25.2 Å². The Morgan fingerprint density at radius 3 is 2.55 bits per heavy atom. The topological polar surface area (TPSA) is 89.5 Å². The summed E-state index contributed by atoms with van der Waals surface area (Å²) in [6.45, 7) is 0.849. The lowest BCUT2D eigenvalue weighted by Gasteiger charge is -2.11. The Hall–Kier alpha value is -0.960. The number of sulfone groups is 1. The second-order valence-corrected chi connectivity index (χ2v) is 8.52. The predicted molar refractivity (Wildman–Crippen MR) is 73.7 cm³/mol. The summed E-state index contributed by atoms with van der Waals surface area (Å²) in [5, 5.41) is 0. The Morgan fingerprint density at radius 1 is 1.25 bits per heavy atom. The Morgan fingerprint density at radius 2 is 1.95 bits per heavy atom. The quantitative estimate of drug-likeness (QED) is 0.856. The molecule has 0 unspecified atom stereocenters. The fourth-order valence-electron chi connectivity index (χ4n) is 1.96. The monoisotopic (exact) mass is 319 g/mol. The molecular weight excluding hydrogens is 302 g/mol. The van der Waals surface area contributed by atoms with Crippen molar-refractivity contribution >= 4 is 19.9 Å². The van der Waals surface area contributed by atoms with Crippen molar-refractivity contribution in [1.82, 2.24) is 4.72 Å². The van der Waals surface area contributed by atoms with E-state index < -0.39 is 19.9 Å². The highest BCUT2D eigenvalue weighted by Gasteiger charge is 2.21. The van der Waals surface area contributed by atoms with Gasteiger partial charge in [-0.05, 0) is 31.0 Å². The normalized spacial score (nSPS) is 20.1. The Kier molecular flexibility index (Phi) is 4.48. The van der Waals surface area contributed by atoms with Crippen LogP contribution in [0.3, 0.4) is 0 Å². The molecule has 0 saturated carbocycles. The van der Waals surface area contributed by atoms with Crippen LogP contribution in [-0.2, 0) is 24.6 Å². The van der Waals surface area contributed by atoms with Crippen LogP contribution in [0.2, 0.25) is 0 Å². The molecule has 1 N–H and O–H groups in total. The van der Waals surface area contributed by atoms with Crippen LogP contribution in [0.1, 0.15) is 12.8 Å². The third kappa shape index (κ3) is 3.78. The average molecular weight is 319 g/mol. The average Bonchev–Trinajstić information content (AvgIpc) is 2.89. The van der Waals surface area contributed by atoms with Gasteiger partial charge in [-0.1, -0.05) is 6.07 Å². The number of ether oxygens (including phenoxy) is 1. The lowest BCUT2D eigenvalue weighted by atomic mass is 10.2. The lowest BCUT2D eigenvalue weighted by molar-refractivity contribution is 0.114. The fourth-order valence-corrected chi connectivity index (χ4v) is 3.82. The molecule has 112 valence electrons. The van der Waals surface area contributed by atoms with E-state index in [0.29, 0.717) is 6.61 Å². The van der Waals surface area contributed by atoms with Crippen molar-refractivity contribution in [2.45, 2.75) is 28.7 Å². The molecule has 0 aliphatic carbocycles. The van der Waals surface area contributed by atoms with Gasteiger partial charge in [-0.2, -0.15) is 0 Å². The second kappa shape index (κ2) is 5.80. The van der Waals surface area contributed by atoms with Gasteiger partial charge >= 0.3 is 0 Å². The molecule has 1 aliphatic rings. The third-order valence-corrected chi connectivity index (χ3v) is 5.60. The third-order valence-electron chi connectivity index (χ3n) is 3.07. The van der Waals surface area contributed by atoms with Crippen LogP contribution in [-0.4, -0.2) is 42.3 Å². The highest BCUT2D eigenvalue weighted by atomic mass is 32.2. The largest absolute Gasteiger partial charge is 0.377 e. The standard InChI is InChI=1S/C12H17NO5S2/c1-19(14,15)11-5-2-6-12(8-11)20(16,17)13-9-10-4-3-7-18-10/h2,5-6,8,10,13H,3-4,7,9H2,1H3/t10-/m0/s1. The molecular formula is C12H17NO5S2. The molecule has 6 nitrogen and oxygen atoms in total. The molecule has 20 heavy (non-hydrogen) atoms. The molecule has 1 heterocycles. The molecule has 0 radical (unpaired) electrons. The summed E-state index contributed by atoms with van der Waals surface area (Å²) in [4.78, 5) is -0.0732. The first-order valence-corrected chi connectivity index (χ1v) is 9.58. The van der Waals surface area contributed by atoms with E-state index >= 15 is 0 Å². The maximum atomic E-state index is 12.1. The number of hydrogen-bond donors (Lipinski definition) is 1. The van der Waals surface area contributed by atoms with Crippen molar-refractivity contribution in [2.24, 2.45) is 0 Å². The summed E-state index contributed by atoms with van der Waals surface area (Å²) in [5.74, 6) is 0. The summed E-state index contributed by atoms with van der Waals surface area (Å²) in [6, 6.07) is 5.31. The van der Waals surface area contributed by atoms with E-state index in [4.69, 9.17) is 4.74 Å². The first-order chi connectivity index (χ1) is 9.29. The Balaban J connectivity index is 2.16. The van der Waals surface area contributed by atoms with Crippen molar-refractivity contribution in [2.75, 3.05) is 19.4 Å². The van der Waals surface area contributed by atoms with Crippen LogP contribution < -0.4 is 4.72 Å². The zero-order valence-corrected chi connectivity index (χ0v) is 12.7. The highest BCUT2D eigenvalue weighted by molar-refractivity contribution is 7.91. The van der Waals surface area contributed by atoms with E-state index in [-0.39, 0.29) is 22.4 Å². The Labute approximate surface area is 119 Å². The number of rotatable bonds is 5. The minimum Gasteiger partial charge on any atom is -0.377 e. The van der Waals surface area contributed by atoms with Crippen molar-refractivity contribution < 1.29 is 21.6 Å². The number of sulfonamides is 1. The van der Waals surface area contributed by atoms with Gasteiger partial charge < -0.3 is 4.74 Å². The van der Waals surface area contributed by atoms with Crippen LogP contribution in [0, 0.1) is 0 Å². The van der Waals surface area contributed by atoms with Gasteiger partial charge in [0.25, 0.3) is 0 Å². The molecule has 1 fully saturated rings. The van der Waals surface area contributed by atoms with E-state index in [1.165, 1.54) is 18.2 Å². The fraction of sp³-hybridized carbons (Fsp3) is 0.500. The zero-order valence-electron chi connectivity index (χ0n) is 11.1. The number of hydrogen-bond acceptors (Lipinski definition) is 5. The summed E-state index contributed by atoms with van der Waals surface area (Å²) in [5.41, 5.74) is 0. The first-order valence-electron chi connectivity index (χ1n) is 6.20.